The van der Waals surface area contributed by atoms with Crippen LogP contribution in [0.1, 0.15) is 58.1 Å². The molecule has 0 N–H and O–H groups in total. The molecule has 168 valence electrons. The Hall–Kier alpha value is -2.38. The fourth-order valence-corrected chi connectivity index (χ4v) is 7.61. The molecule has 2 saturated heterocycles. The fraction of sp³-hybridized carbons (Fsp3) is 0.600. The van der Waals surface area contributed by atoms with Crippen molar-refractivity contribution in [1.29, 1.82) is 0 Å². The maximum Gasteiger partial charge on any atom is 0.331 e. The summed E-state index contributed by atoms with van der Waals surface area (Å²) >= 11 is 0. The third-order valence-corrected chi connectivity index (χ3v) is 8.96. The van der Waals surface area contributed by atoms with Crippen molar-refractivity contribution in [2.75, 3.05) is 0 Å². The highest BCUT2D eigenvalue weighted by molar-refractivity contribution is 5.90. The van der Waals surface area contributed by atoms with E-state index in [9.17, 15) is 9.59 Å². The zero-order chi connectivity index (χ0) is 22.1. The summed E-state index contributed by atoms with van der Waals surface area (Å²) in [4.78, 5) is 25.1. The second-order valence-electron chi connectivity index (χ2n) is 11.0. The first-order valence-corrected chi connectivity index (χ1v) is 11.4. The molecule has 1 aromatic rings. The van der Waals surface area contributed by atoms with E-state index in [1.54, 1.807) is 12.5 Å². The number of ether oxygens (including phenoxy) is 4. The normalized spacial score (nSPS) is 49.5. The van der Waals surface area contributed by atoms with E-state index in [0.29, 0.717) is 6.42 Å². The summed E-state index contributed by atoms with van der Waals surface area (Å²) in [5, 5.41) is 0. The smallest absolute Gasteiger partial charge is 0.331 e. The molecule has 0 bridgehead atoms. The van der Waals surface area contributed by atoms with Gasteiger partial charge in [0.2, 0.25) is 0 Å². The van der Waals surface area contributed by atoms with E-state index < -0.39 is 22.4 Å². The van der Waals surface area contributed by atoms with E-state index in [-0.39, 0.29) is 35.5 Å². The zero-order valence-electron chi connectivity index (χ0n) is 18.4. The Labute approximate surface area is 185 Å². The first-order chi connectivity index (χ1) is 15.1. The van der Waals surface area contributed by atoms with Gasteiger partial charge in [-0.25, -0.2) is 4.79 Å². The zero-order valence-corrected chi connectivity index (χ0v) is 18.4. The number of fused-ring (bicyclic) bond motifs is 1. The van der Waals surface area contributed by atoms with Crippen molar-refractivity contribution in [3.05, 3.63) is 48.0 Å². The van der Waals surface area contributed by atoms with Gasteiger partial charge in [0.05, 0.1) is 24.2 Å². The van der Waals surface area contributed by atoms with Gasteiger partial charge in [-0.3, -0.25) is 4.79 Å². The van der Waals surface area contributed by atoms with Crippen molar-refractivity contribution < 1.29 is 33.0 Å². The lowest BCUT2D eigenvalue weighted by molar-refractivity contribution is -0.223. The Kier molecular flexibility index (Phi) is 3.22. The van der Waals surface area contributed by atoms with Crippen LogP contribution in [0.2, 0.25) is 0 Å². The van der Waals surface area contributed by atoms with Crippen LogP contribution < -0.4 is 0 Å². The lowest BCUT2D eigenvalue weighted by atomic mass is 9.72. The molecule has 1 aromatic heterocycles. The first-order valence-electron chi connectivity index (χ1n) is 11.4. The lowest BCUT2D eigenvalue weighted by Crippen LogP contribution is -2.44. The largest absolute Gasteiger partial charge is 0.472 e. The predicted octanol–water partition coefficient (Wildman–Crippen LogP) is 3.76. The van der Waals surface area contributed by atoms with Crippen molar-refractivity contribution in [3.8, 4) is 0 Å². The summed E-state index contributed by atoms with van der Waals surface area (Å²) in [6.45, 7) is 5.95. The van der Waals surface area contributed by atoms with E-state index in [1.807, 2.05) is 32.9 Å². The van der Waals surface area contributed by atoms with E-state index in [1.165, 1.54) is 6.08 Å². The summed E-state index contributed by atoms with van der Waals surface area (Å²) < 4.78 is 30.0. The minimum Gasteiger partial charge on any atom is -0.472 e. The Bertz CT molecular complexity index is 1120. The molecule has 0 amide bonds. The molecule has 0 aromatic carbocycles. The minimum absolute atomic E-state index is 0.0922. The lowest BCUT2D eigenvalue weighted by Gasteiger charge is -2.36. The highest BCUT2D eigenvalue weighted by atomic mass is 16.7. The molecule has 7 heteroatoms. The maximum atomic E-state index is 13.2. The molecule has 7 atom stereocenters. The summed E-state index contributed by atoms with van der Waals surface area (Å²) in [6.07, 6.45) is 11.2. The number of hydrogen-bond donors (Lipinski definition) is 0. The quantitative estimate of drug-likeness (QED) is 0.514. The van der Waals surface area contributed by atoms with Gasteiger partial charge in [-0.05, 0) is 63.8 Å². The van der Waals surface area contributed by atoms with Crippen LogP contribution in [0.25, 0.3) is 0 Å². The van der Waals surface area contributed by atoms with Crippen LogP contribution in [0, 0.1) is 16.7 Å². The second kappa shape index (κ2) is 5.39. The number of carbonyl (C=O) groups excluding carboxylic acids is 2. The second-order valence-corrected chi connectivity index (χ2v) is 11.0. The fourth-order valence-electron chi connectivity index (χ4n) is 7.61. The van der Waals surface area contributed by atoms with Crippen LogP contribution in [-0.2, 0) is 28.5 Å². The summed E-state index contributed by atoms with van der Waals surface area (Å²) in [5.41, 5.74) is -0.251. The molecular weight excluding hydrogens is 412 g/mol. The molecular formula is C25H26O7. The van der Waals surface area contributed by atoms with E-state index in [2.05, 4.69) is 6.08 Å². The summed E-state index contributed by atoms with van der Waals surface area (Å²) in [6, 6.07) is 1.89. The van der Waals surface area contributed by atoms with Crippen molar-refractivity contribution in [2.24, 2.45) is 16.7 Å². The molecule has 5 heterocycles. The number of esters is 2. The SMILES string of the molecule is CC1(C)O[C@]2(C=C3[C@@H](CC[C@]45C[C@]34C(=O)O[C@@H]5c3ccoc3)O2)C[C@H]1[C@]1(C)C=CC(=O)O1. The molecule has 0 radical (unpaired) electrons. The average molecular weight is 438 g/mol. The van der Waals surface area contributed by atoms with Crippen LogP contribution in [0.5, 0.6) is 0 Å². The molecule has 32 heavy (non-hydrogen) atoms. The van der Waals surface area contributed by atoms with Gasteiger partial charge in [0.1, 0.15) is 17.1 Å². The topological polar surface area (TPSA) is 84.2 Å². The number of rotatable bonds is 2. The predicted molar refractivity (Wildman–Crippen MR) is 109 cm³/mol. The van der Waals surface area contributed by atoms with Crippen molar-refractivity contribution in [1.82, 2.24) is 0 Å². The number of hydrogen-bond acceptors (Lipinski definition) is 7. The van der Waals surface area contributed by atoms with Gasteiger partial charge < -0.3 is 23.4 Å². The number of cyclic esters (lactones) is 2. The Morgan fingerprint density at radius 3 is 2.72 bits per heavy atom. The number of furan rings is 1. The van der Waals surface area contributed by atoms with E-state index in [4.69, 9.17) is 23.4 Å². The van der Waals surface area contributed by atoms with Crippen LogP contribution in [0.3, 0.4) is 0 Å². The van der Waals surface area contributed by atoms with Crippen LogP contribution >= 0.6 is 0 Å². The molecule has 4 fully saturated rings. The minimum atomic E-state index is -0.929. The van der Waals surface area contributed by atoms with Gasteiger partial charge >= 0.3 is 11.9 Å². The monoisotopic (exact) mass is 438 g/mol. The molecule has 4 aliphatic heterocycles. The Morgan fingerprint density at radius 2 is 2.00 bits per heavy atom. The van der Waals surface area contributed by atoms with Crippen molar-refractivity contribution in [2.45, 2.75) is 75.7 Å². The molecule has 7 rings (SSSR count). The standard InChI is InChI=1S/C25H26O7/c1-21(2)17(22(3)7-5-18(26)31-22)11-24(32-21)10-15-16(30-24)4-8-23-13-25(15,23)20(27)29-19(23)14-6-9-28-12-14/h5-7,9-10,12,16-17,19H,4,8,11,13H2,1-3H3/t16-,17-,19-,22+,23-,24-,25-/m1/s1. The Morgan fingerprint density at radius 1 is 1.16 bits per heavy atom. The first kappa shape index (κ1) is 19.1. The van der Waals surface area contributed by atoms with Crippen LogP contribution in [0.15, 0.2) is 46.8 Å². The molecule has 2 saturated carbocycles. The van der Waals surface area contributed by atoms with E-state index in [0.717, 1.165) is 30.4 Å². The maximum absolute atomic E-state index is 13.2. The number of carbonyl (C=O) groups is 2. The summed E-state index contributed by atoms with van der Waals surface area (Å²) in [7, 11) is 0. The highest BCUT2D eigenvalue weighted by Gasteiger charge is 2.85. The van der Waals surface area contributed by atoms with Gasteiger partial charge in [0.25, 0.3) is 0 Å². The van der Waals surface area contributed by atoms with Gasteiger partial charge in [0.15, 0.2) is 5.79 Å². The third kappa shape index (κ3) is 2.05. The van der Waals surface area contributed by atoms with Gasteiger partial charge in [0, 0.05) is 29.4 Å². The van der Waals surface area contributed by atoms with Crippen LogP contribution in [-0.4, -0.2) is 35.0 Å². The van der Waals surface area contributed by atoms with Gasteiger partial charge in [-0.2, -0.15) is 0 Å². The third-order valence-electron chi connectivity index (χ3n) is 8.96. The molecule has 0 unspecified atom stereocenters. The molecule has 2 aliphatic carbocycles. The van der Waals surface area contributed by atoms with E-state index >= 15 is 0 Å². The van der Waals surface area contributed by atoms with Crippen molar-refractivity contribution >= 4 is 11.9 Å². The molecule has 1 spiro atoms. The molecule has 7 nitrogen and oxygen atoms in total. The highest BCUT2D eigenvalue weighted by Crippen LogP contribution is 2.83. The van der Waals surface area contributed by atoms with Crippen LogP contribution in [0.4, 0.5) is 0 Å². The van der Waals surface area contributed by atoms with Gasteiger partial charge in [-0.15, -0.1) is 0 Å². The summed E-state index contributed by atoms with van der Waals surface area (Å²) in [5.74, 6) is -1.51. The van der Waals surface area contributed by atoms with Crippen molar-refractivity contribution in [3.63, 3.8) is 0 Å². The van der Waals surface area contributed by atoms with Gasteiger partial charge in [-0.1, -0.05) is 0 Å². The average Bonchev–Trinajstić information content (AvgIpc) is 3.24. The Balaban J connectivity index is 1.26. The molecule has 6 aliphatic rings.